The molecule has 0 saturated heterocycles. The van der Waals surface area contributed by atoms with E-state index in [4.69, 9.17) is 15.8 Å². The van der Waals surface area contributed by atoms with E-state index in [0.717, 1.165) is 44.2 Å². The van der Waals surface area contributed by atoms with Crippen molar-refractivity contribution < 1.29 is 0 Å². The van der Waals surface area contributed by atoms with E-state index in [2.05, 4.69) is 114 Å². The van der Waals surface area contributed by atoms with Crippen LogP contribution in [0.15, 0.2) is 145 Å². The molecule has 0 aliphatic heterocycles. The van der Waals surface area contributed by atoms with Gasteiger partial charge in [0, 0.05) is 36.1 Å². The average molecular weight is 544 g/mol. The topological polar surface area (TPSA) is 67.4 Å². The van der Waals surface area contributed by atoms with Gasteiger partial charge in [0.1, 0.15) is 6.17 Å². The molecule has 5 nitrogen and oxygen atoms in total. The zero-order chi connectivity index (χ0) is 28.3. The first kappa shape index (κ1) is 25.7. The summed E-state index contributed by atoms with van der Waals surface area (Å²) in [7, 11) is 0. The molecule has 7 aromatic rings. The number of benzene rings is 5. The van der Waals surface area contributed by atoms with Crippen molar-refractivity contribution in [2.75, 3.05) is 0 Å². The van der Waals surface area contributed by atoms with Gasteiger partial charge in [-0.1, -0.05) is 103 Å². The molecule has 202 valence electrons. The monoisotopic (exact) mass is 543 g/mol. The fourth-order valence-corrected chi connectivity index (χ4v) is 5.46. The second-order valence-corrected chi connectivity index (χ2v) is 10.5. The molecule has 0 amide bonds. The Labute approximate surface area is 244 Å². The van der Waals surface area contributed by atoms with Crippen LogP contribution in [0.5, 0.6) is 0 Å². The predicted octanol–water partition coefficient (Wildman–Crippen LogP) is 8.10. The van der Waals surface area contributed by atoms with Crippen LogP contribution in [0, 0.1) is 0 Å². The molecule has 5 aromatic carbocycles. The molecule has 0 aliphatic rings. The Bertz CT molecular complexity index is 2040. The second kappa shape index (κ2) is 11.3. The van der Waals surface area contributed by atoms with Gasteiger partial charge in [-0.25, -0.2) is 5.01 Å². The lowest BCUT2D eigenvalue weighted by molar-refractivity contribution is 0.199. The van der Waals surface area contributed by atoms with Gasteiger partial charge < -0.3 is 0 Å². The normalized spacial score (nSPS) is 12.5. The summed E-state index contributed by atoms with van der Waals surface area (Å²) in [4.78, 5) is 14.4. The zero-order valence-electron chi connectivity index (χ0n) is 23.0. The molecule has 1 atom stereocenters. The third-order valence-corrected chi connectivity index (χ3v) is 7.62. The third kappa shape index (κ3) is 5.27. The van der Waals surface area contributed by atoms with Crippen molar-refractivity contribution in [1.82, 2.24) is 15.0 Å². The molecule has 1 unspecified atom stereocenters. The van der Waals surface area contributed by atoms with Crippen molar-refractivity contribution in [3.63, 3.8) is 0 Å². The lowest BCUT2D eigenvalue weighted by atomic mass is 10.0. The SMILES string of the molecule is NN(Cc1ccc(-c2cccc3cccnc23)nc1)C(/N=C/c1ccc2ccccc2c1)c1ccc2ccccc2c1. The minimum atomic E-state index is -0.386. The van der Waals surface area contributed by atoms with Crippen LogP contribution in [0.4, 0.5) is 0 Å². The number of nitrogens with zero attached hydrogens (tertiary/aromatic N) is 4. The highest BCUT2D eigenvalue weighted by molar-refractivity contribution is 5.92. The molecule has 0 saturated carbocycles. The van der Waals surface area contributed by atoms with Gasteiger partial charge in [-0.2, -0.15) is 0 Å². The van der Waals surface area contributed by atoms with E-state index in [1.54, 1.807) is 5.01 Å². The second-order valence-electron chi connectivity index (χ2n) is 10.5. The number of fused-ring (bicyclic) bond motifs is 3. The smallest absolute Gasteiger partial charge is 0.140 e. The highest BCUT2D eigenvalue weighted by Crippen LogP contribution is 2.28. The lowest BCUT2D eigenvalue weighted by Crippen LogP contribution is -2.34. The Balaban J connectivity index is 1.19. The number of aromatic nitrogens is 2. The summed E-state index contributed by atoms with van der Waals surface area (Å²) in [6.45, 7) is 0.480. The Morgan fingerprint density at radius 3 is 2.17 bits per heavy atom. The van der Waals surface area contributed by atoms with Gasteiger partial charge in [0.15, 0.2) is 0 Å². The molecular formula is C37H29N5. The zero-order valence-corrected chi connectivity index (χ0v) is 23.0. The first-order valence-electron chi connectivity index (χ1n) is 14.0. The van der Waals surface area contributed by atoms with Gasteiger partial charge in [-0.3, -0.25) is 20.8 Å². The van der Waals surface area contributed by atoms with E-state index < -0.39 is 0 Å². The van der Waals surface area contributed by atoms with E-state index in [1.807, 2.05) is 36.8 Å². The maximum atomic E-state index is 6.79. The van der Waals surface area contributed by atoms with E-state index in [9.17, 15) is 0 Å². The van der Waals surface area contributed by atoms with Crippen LogP contribution in [0.1, 0.15) is 22.9 Å². The number of aliphatic imine (C=N–C) groups is 1. The number of nitrogens with two attached hydrogens (primary N) is 1. The Kier molecular flexibility index (Phi) is 6.94. The fraction of sp³-hybridized carbons (Fsp3) is 0.0541. The summed E-state index contributed by atoms with van der Waals surface area (Å²) < 4.78 is 0. The molecule has 2 N–H and O–H groups in total. The van der Waals surface area contributed by atoms with Crippen LogP contribution in [0.3, 0.4) is 0 Å². The molecule has 2 heterocycles. The summed E-state index contributed by atoms with van der Waals surface area (Å²) in [5.74, 6) is 6.79. The highest BCUT2D eigenvalue weighted by atomic mass is 15.5. The first-order valence-corrected chi connectivity index (χ1v) is 14.0. The van der Waals surface area contributed by atoms with E-state index in [-0.39, 0.29) is 6.17 Å². The van der Waals surface area contributed by atoms with Gasteiger partial charge in [-0.05, 0) is 62.5 Å². The molecule has 0 fully saturated rings. The molecule has 7 rings (SSSR count). The lowest BCUT2D eigenvalue weighted by Gasteiger charge is -2.25. The molecule has 0 aliphatic carbocycles. The van der Waals surface area contributed by atoms with Crippen molar-refractivity contribution in [2.24, 2.45) is 10.8 Å². The van der Waals surface area contributed by atoms with Gasteiger partial charge in [0.25, 0.3) is 0 Å². The van der Waals surface area contributed by atoms with Crippen molar-refractivity contribution in [3.8, 4) is 11.3 Å². The van der Waals surface area contributed by atoms with Gasteiger partial charge in [0.05, 0.1) is 11.2 Å². The first-order chi connectivity index (χ1) is 20.7. The molecular weight excluding hydrogens is 514 g/mol. The molecule has 2 aromatic heterocycles. The Morgan fingerprint density at radius 2 is 1.38 bits per heavy atom. The number of hydrogen-bond acceptors (Lipinski definition) is 5. The summed E-state index contributed by atoms with van der Waals surface area (Å²) in [6, 6.07) is 43.8. The number of hydrazine groups is 1. The summed E-state index contributed by atoms with van der Waals surface area (Å²) in [5, 5.41) is 7.60. The van der Waals surface area contributed by atoms with Crippen LogP contribution in [-0.4, -0.2) is 21.2 Å². The fourth-order valence-electron chi connectivity index (χ4n) is 5.46. The van der Waals surface area contributed by atoms with Crippen LogP contribution in [0.2, 0.25) is 0 Å². The van der Waals surface area contributed by atoms with E-state index in [1.165, 1.54) is 16.2 Å². The average Bonchev–Trinajstić information content (AvgIpc) is 3.05. The van der Waals surface area contributed by atoms with Crippen molar-refractivity contribution in [2.45, 2.75) is 12.7 Å². The number of pyridine rings is 2. The van der Waals surface area contributed by atoms with E-state index in [0.29, 0.717) is 6.54 Å². The highest BCUT2D eigenvalue weighted by Gasteiger charge is 2.18. The Hall–Kier alpha value is -5.23. The van der Waals surface area contributed by atoms with Crippen molar-refractivity contribution in [1.29, 1.82) is 0 Å². The van der Waals surface area contributed by atoms with Crippen LogP contribution < -0.4 is 5.84 Å². The largest absolute Gasteiger partial charge is 0.267 e. The third-order valence-electron chi connectivity index (χ3n) is 7.62. The maximum Gasteiger partial charge on any atom is 0.140 e. The van der Waals surface area contributed by atoms with Crippen LogP contribution >= 0.6 is 0 Å². The molecule has 0 spiro atoms. The van der Waals surface area contributed by atoms with E-state index >= 15 is 0 Å². The predicted molar refractivity (Wildman–Crippen MR) is 173 cm³/mol. The minimum Gasteiger partial charge on any atom is -0.267 e. The van der Waals surface area contributed by atoms with Crippen molar-refractivity contribution in [3.05, 3.63) is 156 Å². The molecule has 5 heteroatoms. The van der Waals surface area contributed by atoms with Crippen LogP contribution in [0.25, 0.3) is 43.7 Å². The Morgan fingerprint density at radius 1 is 0.667 bits per heavy atom. The minimum absolute atomic E-state index is 0.386. The summed E-state index contributed by atoms with van der Waals surface area (Å²) >= 11 is 0. The van der Waals surface area contributed by atoms with Gasteiger partial charge in [-0.15, -0.1) is 0 Å². The van der Waals surface area contributed by atoms with Crippen LogP contribution in [-0.2, 0) is 6.54 Å². The summed E-state index contributed by atoms with van der Waals surface area (Å²) in [6.07, 6.45) is 5.24. The molecule has 0 radical (unpaired) electrons. The van der Waals surface area contributed by atoms with Gasteiger partial charge in [0.2, 0.25) is 0 Å². The molecule has 0 bridgehead atoms. The quantitative estimate of drug-likeness (QED) is 0.125. The number of rotatable bonds is 7. The maximum absolute atomic E-state index is 6.79. The number of hydrogen-bond donors (Lipinski definition) is 1. The number of para-hydroxylation sites is 1. The summed E-state index contributed by atoms with van der Waals surface area (Å²) in [5.41, 5.74) is 5.90. The van der Waals surface area contributed by atoms with Gasteiger partial charge >= 0.3 is 0 Å². The van der Waals surface area contributed by atoms with Crippen molar-refractivity contribution >= 4 is 38.7 Å². The standard InChI is InChI=1S/C37H29N5/c38-42(25-27-15-19-35(40-24-27)34-13-5-11-30-12-6-20-39-36(30)34)37(33-18-17-29-8-2-4-10-32(29)22-33)41-23-26-14-16-28-7-1-3-9-31(28)21-26/h1-24,37H,25,38H2/b41-23+. The molecule has 42 heavy (non-hydrogen) atoms.